The SMILES string of the molecule is C=C(C(=O)c1ccc2ccccc2c1O)c1ccc(O)c(O)c1. The molecule has 0 saturated carbocycles. The lowest BCUT2D eigenvalue weighted by Gasteiger charge is -2.10. The van der Waals surface area contributed by atoms with Gasteiger partial charge in [-0.3, -0.25) is 4.79 Å². The van der Waals surface area contributed by atoms with Gasteiger partial charge in [-0.1, -0.05) is 43.0 Å². The van der Waals surface area contributed by atoms with E-state index in [1.807, 2.05) is 12.1 Å². The molecule has 3 aromatic carbocycles. The van der Waals surface area contributed by atoms with E-state index in [1.54, 1.807) is 24.3 Å². The largest absolute Gasteiger partial charge is 0.507 e. The predicted octanol–water partition coefficient (Wildman–Crippen LogP) is 3.85. The Morgan fingerprint density at radius 2 is 1.61 bits per heavy atom. The third kappa shape index (κ3) is 2.51. The van der Waals surface area contributed by atoms with Gasteiger partial charge in [0.05, 0.1) is 5.56 Å². The van der Waals surface area contributed by atoms with Crippen LogP contribution in [-0.2, 0) is 0 Å². The Morgan fingerprint density at radius 1 is 0.870 bits per heavy atom. The van der Waals surface area contributed by atoms with Crippen molar-refractivity contribution < 1.29 is 20.1 Å². The van der Waals surface area contributed by atoms with Crippen molar-refractivity contribution in [3.8, 4) is 17.2 Å². The molecule has 0 aliphatic heterocycles. The molecule has 4 heteroatoms. The first-order valence-corrected chi connectivity index (χ1v) is 6.95. The number of Topliss-reactive ketones (excluding diaryl/α,β-unsaturated/α-hetero) is 1. The van der Waals surface area contributed by atoms with Gasteiger partial charge >= 0.3 is 0 Å². The standard InChI is InChI=1S/C19H14O4/c1-11(13-7-9-16(20)17(21)10-13)18(22)15-8-6-12-4-2-3-5-14(12)19(15)23/h2-10,20-21,23H,1H2. The van der Waals surface area contributed by atoms with Gasteiger partial charge in [-0.2, -0.15) is 0 Å². The number of hydrogen-bond acceptors (Lipinski definition) is 4. The van der Waals surface area contributed by atoms with Gasteiger partial charge < -0.3 is 15.3 Å². The number of hydrogen-bond donors (Lipinski definition) is 3. The smallest absolute Gasteiger partial charge is 0.196 e. The second-order valence-electron chi connectivity index (χ2n) is 5.19. The Kier molecular flexibility index (Phi) is 3.50. The van der Waals surface area contributed by atoms with Crippen LogP contribution in [0.1, 0.15) is 15.9 Å². The molecule has 0 radical (unpaired) electrons. The molecule has 4 nitrogen and oxygen atoms in total. The summed E-state index contributed by atoms with van der Waals surface area (Å²) < 4.78 is 0. The average molecular weight is 306 g/mol. The Morgan fingerprint density at radius 3 is 2.35 bits per heavy atom. The van der Waals surface area contributed by atoms with E-state index in [1.165, 1.54) is 18.2 Å². The Bertz CT molecular complexity index is 941. The van der Waals surface area contributed by atoms with Crippen molar-refractivity contribution in [2.24, 2.45) is 0 Å². The van der Waals surface area contributed by atoms with Crippen LogP contribution in [0.15, 0.2) is 61.2 Å². The molecule has 3 rings (SSSR count). The van der Waals surface area contributed by atoms with Crippen molar-refractivity contribution in [3.05, 3.63) is 72.3 Å². The number of rotatable bonds is 3. The molecule has 0 amide bonds. The lowest BCUT2D eigenvalue weighted by atomic mass is 9.95. The van der Waals surface area contributed by atoms with Crippen molar-refractivity contribution in [2.45, 2.75) is 0 Å². The molecule has 0 aliphatic carbocycles. The Hall–Kier alpha value is -3.27. The second kappa shape index (κ2) is 5.50. The number of phenols is 3. The number of phenolic OH excluding ortho intramolecular Hbond substituents is 3. The molecule has 0 bridgehead atoms. The van der Waals surface area contributed by atoms with Crippen molar-refractivity contribution in [3.63, 3.8) is 0 Å². The lowest BCUT2D eigenvalue weighted by Crippen LogP contribution is -2.02. The second-order valence-corrected chi connectivity index (χ2v) is 5.19. The van der Waals surface area contributed by atoms with Crippen LogP contribution in [0.25, 0.3) is 16.3 Å². The number of allylic oxidation sites excluding steroid dienone is 1. The minimum atomic E-state index is -0.446. The van der Waals surface area contributed by atoms with E-state index in [2.05, 4.69) is 6.58 Å². The molecule has 0 atom stereocenters. The fraction of sp³-hybridized carbons (Fsp3) is 0. The zero-order valence-corrected chi connectivity index (χ0v) is 12.2. The predicted molar refractivity (Wildman–Crippen MR) is 88.7 cm³/mol. The van der Waals surface area contributed by atoms with Crippen molar-refractivity contribution >= 4 is 22.1 Å². The van der Waals surface area contributed by atoms with E-state index < -0.39 is 5.78 Å². The van der Waals surface area contributed by atoms with Crippen molar-refractivity contribution in [2.75, 3.05) is 0 Å². The maximum Gasteiger partial charge on any atom is 0.196 e. The van der Waals surface area contributed by atoms with Gasteiger partial charge in [0.25, 0.3) is 0 Å². The number of carbonyl (C=O) groups is 1. The highest BCUT2D eigenvalue weighted by atomic mass is 16.3. The van der Waals surface area contributed by atoms with Crippen LogP contribution in [-0.4, -0.2) is 21.1 Å². The highest BCUT2D eigenvalue weighted by molar-refractivity contribution is 6.30. The van der Waals surface area contributed by atoms with Crippen LogP contribution in [0.5, 0.6) is 17.2 Å². The number of benzene rings is 3. The van der Waals surface area contributed by atoms with E-state index in [9.17, 15) is 20.1 Å². The maximum atomic E-state index is 12.6. The van der Waals surface area contributed by atoms with Gasteiger partial charge in [0.1, 0.15) is 5.75 Å². The first kappa shape index (κ1) is 14.7. The first-order chi connectivity index (χ1) is 11.0. The van der Waals surface area contributed by atoms with Crippen molar-refractivity contribution in [1.29, 1.82) is 0 Å². The Balaban J connectivity index is 2.04. The minimum Gasteiger partial charge on any atom is -0.507 e. The number of fused-ring (bicyclic) bond motifs is 1. The zero-order valence-electron chi connectivity index (χ0n) is 12.2. The highest BCUT2D eigenvalue weighted by Gasteiger charge is 2.18. The van der Waals surface area contributed by atoms with Gasteiger partial charge in [-0.05, 0) is 29.1 Å². The van der Waals surface area contributed by atoms with Crippen molar-refractivity contribution in [1.82, 2.24) is 0 Å². The maximum absolute atomic E-state index is 12.6. The minimum absolute atomic E-state index is 0.0998. The summed E-state index contributed by atoms with van der Waals surface area (Å²) in [6.45, 7) is 3.74. The normalized spacial score (nSPS) is 10.6. The average Bonchev–Trinajstić information content (AvgIpc) is 2.57. The Labute approximate surface area is 132 Å². The van der Waals surface area contributed by atoms with Crippen LogP contribution in [0.3, 0.4) is 0 Å². The molecule has 0 fully saturated rings. The molecule has 0 aromatic heterocycles. The van der Waals surface area contributed by atoms with Gasteiger partial charge in [-0.15, -0.1) is 0 Å². The number of carbonyl (C=O) groups excluding carboxylic acids is 1. The van der Waals surface area contributed by atoms with Gasteiger partial charge in [0.15, 0.2) is 17.3 Å². The molecule has 0 spiro atoms. The lowest BCUT2D eigenvalue weighted by molar-refractivity contribution is 0.105. The van der Waals surface area contributed by atoms with Crippen LogP contribution in [0.4, 0.5) is 0 Å². The van der Waals surface area contributed by atoms with Gasteiger partial charge in [0.2, 0.25) is 0 Å². The van der Waals surface area contributed by atoms with Crippen LogP contribution < -0.4 is 0 Å². The summed E-state index contributed by atoms with van der Waals surface area (Å²) in [5.74, 6) is -1.16. The number of ketones is 1. The van der Waals surface area contributed by atoms with Gasteiger partial charge in [0, 0.05) is 11.0 Å². The molecule has 0 unspecified atom stereocenters. The highest BCUT2D eigenvalue weighted by Crippen LogP contribution is 2.33. The van der Waals surface area contributed by atoms with E-state index in [-0.39, 0.29) is 28.4 Å². The summed E-state index contributed by atoms with van der Waals surface area (Å²) in [7, 11) is 0. The summed E-state index contributed by atoms with van der Waals surface area (Å²) >= 11 is 0. The third-order valence-electron chi connectivity index (χ3n) is 3.74. The van der Waals surface area contributed by atoms with E-state index in [0.29, 0.717) is 10.9 Å². The van der Waals surface area contributed by atoms with E-state index in [4.69, 9.17) is 0 Å². The molecule has 3 aromatic rings. The van der Waals surface area contributed by atoms with Crippen LogP contribution in [0, 0.1) is 0 Å². The summed E-state index contributed by atoms with van der Waals surface area (Å²) in [5, 5.41) is 30.7. The summed E-state index contributed by atoms with van der Waals surface area (Å²) in [4.78, 5) is 12.6. The molecule has 0 saturated heterocycles. The van der Waals surface area contributed by atoms with E-state index >= 15 is 0 Å². The molecular weight excluding hydrogens is 292 g/mol. The number of aromatic hydroxyl groups is 3. The van der Waals surface area contributed by atoms with Crippen LogP contribution >= 0.6 is 0 Å². The third-order valence-corrected chi connectivity index (χ3v) is 3.74. The molecular formula is C19H14O4. The fourth-order valence-corrected chi connectivity index (χ4v) is 2.44. The summed E-state index contributed by atoms with van der Waals surface area (Å²) in [6.07, 6.45) is 0. The molecule has 23 heavy (non-hydrogen) atoms. The fourth-order valence-electron chi connectivity index (χ4n) is 2.44. The monoisotopic (exact) mass is 306 g/mol. The summed E-state index contributed by atoms with van der Waals surface area (Å²) in [6, 6.07) is 14.5. The summed E-state index contributed by atoms with van der Waals surface area (Å²) in [5.41, 5.74) is 0.630. The first-order valence-electron chi connectivity index (χ1n) is 6.95. The molecule has 0 aliphatic rings. The topological polar surface area (TPSA) is 77.8 Å². The molecule has 114 valence electrons. The quantitative estimate of drug-likeness (QED) is 0.390. The van der Waals surface area contributed by atoms with Gasteiger partial charge in [-0.25, -0.2) is 0 Å². The van der Waals surface area contributed by atoms with E-state index in [0.717, 1.165) is 5.39 Å². The molecule has 3 N–H and O–H groups in total. The molecule has 0 heterocycles. The van der Waals surface area contributed by atoms with Crippen LogP contribution in [0.2, 0.25) is 0 Å². The zero-order chi connectivity index (χ0) is 16.6.